The standard InChI is InChI=1S/C4H8O3/c1-2-3-4(5)6-7-4/h5H,2-3H2,1H3. The lowest BCUT2D eigenvalue weighted by atomic mass is 10.3. The van der Waals surface area contributed by atoms with Crippen molar-refractivity contribution in [3.63, 3.8) is 0 Å². The van der Waals surface area contributed by atoms with Crippen LogP contribution in [-0.2, 0) is 9.78 Å². The topological polar surface area (TPSA) is 45.3 Å². The van der Waals surface area contributed by atoms with Crippen molar-refractivity contribution in [2.24, 2.45) is 0 Å². The highest BCUT2D eigenvalue weighted by atomic mass is 17.4. The third-order valence-corrected chi connectivity index (χ3v) is 0.842. The third-order valence-electron chi connectivity index (χ3n) is 0.842. The SMILES string of the molecule is CCCC1(O)OO1. The van der Waals surface area contributed by atoms with Gasteiger partial charge < -0.3 is 5.11 Å². The van der Waals surface area contributed by atoms with Crippen molar-refractivity contribution in [3.8, 4) is 0 Å². The van der Waals surface area contributed by atoms with E-state index in [9.17, 15) is 0 Å². The fourth-order valence-corrected chi connectivity index (χ4v) is 0.447. The zero-order valence-electron chi connectivity index (χ0n) is 4.18. The Hall–Kier alpha value is -0.120. The lowest BCUT2D eigenvalue weighted by Crippen LogP contribution is -2.05. The second-order valence-electron chi connectivity index (χ2n) is 1.63. The van der Waals surface area contributed by atoms with Crippen molar-refractivity contribution >= 4 is 0 Å². The molecule has 0 aromatic heterocycles. The van der Waals surface area contributed by atoms with Crippen molar-refractivity contribution in [2.45, 2.75) is 25.7 Å². The maximum absolute atomic E-state index is 8.68. The molecule has 3 heteroatoms. The number of hydrogen-bond donors (Lipinski definition) is 1. The normalized spacial score (nSPS) is 24.9. The van der Waals surface area contributed by atoms with Gasteiger partial charge in [0.15, 0.2) is 0 Å². The molecule has 1 aliphatic rings. The first-order valence-corrected chi connectivity index (χ1v) is 2.36. The molecular formula is C4H8O3. The van der Waals surface area contributed by atoms with Crippen LogP contribution in [0, 0.1) is 0 Å². The van der Waals surface area contributed by atoms with E-state index in [0.29, 0.717) is 6.42 Å². The van der Waals surface area contributed by atoms with Crippen LogP contribution in [0.4, 0.5) is 0 Å². The van der Waals surface area contributed by atoms with Crippen LogP contribution in [-0.4, -0.2) is 11.1 Å². The summed E-state index contributed by atoms with van der Waals surface area (Å²) < 4.78 is 0. The minimum atomic E-state index is -1.20. The molecule has 1 rings (SSSR count). The second kappa shape index (κ2) is 1.43. The summed E-state index contributed by atoms with van der Waals surface area (Å²) in [6, 6.07) is 0. The summed E-state index contributed by atoms with van der Waals surface area (Å²) in [5, 5.41) is 8.68. The minimum Gasteiger partial charge on any atom is -0.340 e. The fraction of sp³-hybridized carbons (Fsp3) is 1.00. The Labute approximate surface area is 41.8 Å². The summed E-state index contributed by atoms with van der Waals surface area (Å²) in [5.41, 5.74) is 0. The van der Waals surface area contributed by atoms with Gasteiger partial charge >= 0.3 is 5.97 Å². The average Bonchev–Trinajstić information content (AvgIpc) is 2.22. The minimum absolute atomic E-state index is 0.562. The third kappa shape index (κ3) is 1.12. The van der Waals surface area contributed by atoms with Crippen molar-refractivity contribution in [1.29, 1.82) is 0 Å². The largest absolute Gasteiger partial charge is 0.340 e. The summed E-state index contributed by atoms with van der Waals surface area (Å²) in [6.45, 7) is 1.95. The molecule has 0 saturated carbocycles. The Morgan fingerprint density at radius 3 is 2.29 bits per heavy atom. The fourth-order valence-electron chi connectivity index (χ4n) is 0.447. The van der Waals surface area contributed by atoms with Gasteiger partial charge in [-0.25, -0.2) is 0 Å². The average molecular weight is 104 g/mol. The summed E-state index contributed by atoms with van der Waals surface area (Å²) in [6.07, 6.45) is 1.43. The lowest BCUT2D eigenvalue weighted by Gasteiger charge is -1.90. The van der Waals surface area contributed by atoms with Crippen LogP contribution in [0.1, 0.15) is 19.8 Å². The predicted molar refractivity (Wildman–Crippen MR) is 22.0 cm³/mol. The molecule has 0 radical (unpaired) electrons. The maximum Gasteiger partial charge on any atom is 0.337 e. The summed E-state index contributed by atoms with van der Waals surface area (Å²) in [7, 11) is 0. The number of hydrogen-bond acceptors (Lipinski definition) is 3. The van der Waals surface area contributed by atoms with Gasteiger partial charge in [-0.3, -0.25) is 0 Å². The van der Waals surface area contributed by atoms with Crippen LogP contribution >= 0.6 is 0 Å². The van der Waals surface area contributed by atoms with Crippen molar-refractivity contribution < 1.29 is 14.9 Å². The molecule has 0 unspecified atom stereocenters. The molecule has 0 spiro atoms. The van der Waals surface area contributed by atoms with Gasteiger partial charge in [0, 0.05) is 6.42 Å². The first kappa shape index (κ1) is 5.03. The molecule has 7 heavy (non-hydrogen) atoms. The van der Waals surface area contributed by atoms with E-state index in [4.69, 9.17) is 5.11 Å². The molecular weight excluding hydrogens is 96.0 g/mol. The monoisotopic (exact) mass is 104 g/mol. The van der Waals surface area contributed by atoms with Crippen molar-refractivity contribution in [2.75, 3.05) is 0 Å². The van der Waals surface area contributed by atoms with E-state index in [0.717, 1.165) is 6.42 Å². The van der Waals surface area contributed by atoms with E-state index in [1.54, 1.807) is 0 Å². The van der Waals surface area contributed by atoms with Gasteiger partial charge in [0.25, 0.3) is 0 Å². The summed E-state index contributed by atoms with van der Waals surface area (Å²) in [5.74, 6) is -1.20. The van der Waals surface area contributed by atoms with Gasteiger partial charge in [-0.15, -0.1) is 0 Å². The smallest absolute Gasteiger partial charge is 0.337 e. The molecule has 3 nitrogen and oxygen atoms in total. The van der Waals surface area contributed by atoms with Crippen LogP contribution in [0.3, 0.4) is 0 Å². The van der Waals surface area contributed by atoms with Gasteiger partial charge in [-0.1, -0.05) is 6.92 Å². The molecule has 1 fully saturated rings. The predicted octanol–water partition coefficient (Wildman–Crippen LogP) is 0.394. The Bertz CT molecular complexity index is 67.3. The van der Waals surface area contributed by atoms with E-state index in [-0.39, 0.29) is 0 Å². The Balaban J connectivity index is 2.13. The summed E-state index contributed by atoms with van der Waals surface area (Å²) in [4.78, 5) is 8.38. The first-order chi connectivity index (χ1) is 3.27. The van der Waals surface area contributed by atoms with Crippen molar-refractivity contribution in [1.82, 2.24) is 0 Å². The van der Waals surface area contributed by atoms with Crippen LogP contribution in [0.25, 0.3) is 0 Å². The molecule has 1 N–H and O–H groups in total. The Morgan fingerprint density at radius 2 is 2.14 bits per heavy atom. The number of rotatable bonds is 2. The van der Waals surface area contributed by atoms with E-state index < -0.39 is 5.97 Å². The van der Waals surface area contributed by atoms with E-state index in [1.807, 2.05) is 6.92 Å². The Kier molecular flexibility index (Phi) is 1.03. The van der Waals surface area contributed by atoms with Gasteiger partial charge in [0.1, 0.15) is 0 Å². The molecule has 1 heterocycles. The van der Waals surface area contributed by atoms with Crippen LogP contribution in [0.5, 0.6) is 0 Å². The van der Waals surface area contributed by atoms with Crippen LogP contribution in [0.15, 0.2) is 0 Å². The molecule has 1 aliphatic heterocycles. The molecule has 0 bridgehead atoms. The van der Waals surface area contributed by atoms with Gasteiger partial charge in [-0.05, 0) is 6.42 Å². The second-order valence-corrected chi connectivity index (χ2v) is 1.63. The number of aliphatic hydroxyl groups is 1. The Morgan fingerprint density at radius 1 is 1.57 bits per heavy atom. The quantitative estimate of drug-likeness (QED) is 0.407. The van der Waals surface area contributed by atoms with Crippen molar-refractivity contribution in [3.05, 3.63) is 0 Å². The zero-order chi connectivity index (χ0) is 5.33. The molecule has 1 saturated heterocycles. The molecule has 0 aliphatic carbocycles. The molecule has 0 atom stereocenters. The zero-order valence-corrected chi connectivity index (χ0v) is 4.18. The van der Waals surface area contributed by atoms with E-state index >= 15 is 0 Å². The van der Waals surface area contributed by atoms with Gasteiger partial charge in [0.05, 0.1) is 0 Å². The highest BCUT2D eigenvalue weighted by molar-refractivity contribution is 4.54. The highest BCUT2D eigenvalue weighted by Crippen LogP contribution is 2.30. The molecule has 0 aromatic carbocycles. The molecule has 0 amide bonds. The first-order valence-electron chi connectivity index (χ1n) is 2.36. The van der Waals surface area contributed by atoms with E-state index in [1.165, 1.54) is 0 Å². The van der Waals surface area contributed by atoms with Crippen LogP contribution in [0.2, 0.25) is 0 Å². The molecule has 42 valence electrons. The van der Waals surface area contributed by atoms with Crippen LogP contribution < -0.4 is 0 Å². The van der Waals surface area contributed by atoms with E-state index in [2.05, 4.69) is 9.78 Å². The lowest BCUT2D eigenvalue weighted by molar-refractivity contribution is 0.0210. The summed E-state index contributed by atoms with van der Waals surface area (Å²) >= 11 is 0. The molecule has 0 aromatic rings. The highest BCUT2D eigenvalue weighted by Gasteiger charge is 2.45. The van der Waals surface area contributed by atoms with Gasteiger partial charge in [0.2, 0.25) is 0 Å². The van der Waals surface area contributed by atoms with Gasteiger partial charge in [-0.2, -0.15) is 9.78 Å². The maximum atomic E-state index is 8.68.